The molecule has 0 unspecified atom stereocenters. The molecule has 4 heteroatoms. The van der Waals surface area contributed by atoms with Crippen LogP contribution >= 0.6 is 0 Å². The molecule has 1 aliphatic rings. The largest absolute Gasteiger partial charge is 0.494 e. The number of benzene rings is 3. The van der Waals surface area contributed by atoms with Gasteiger partial charge in [-0.05, 0) is 30.0 Å². The van der Waals surface area contributed by atoms with E-state index in [1.54, 1.807) is 0 Å². The van der Waals surface area contributed by atoms with Crippen LogP contribution in [0.25, 0.3) is 10.8 Å². The molecule has 0 aliphatic carbocycles. The zero-order valence-electron chi connectivity index (χ0n) is 14.4. The summed E-state index contributed by atoms with van der Waals surface area (Å²) < 4.78 is 11.4. The van der Waals surface area contributed by atoms with Crippen molar-refractivity contribution in [3.05, 3.63) is 83.2 Å². The van der Waals surface area contributed by atoms with Gasteiger partial charge in [-0.2, -0.15) is 5.26 Å². The van der Waals surface area contributed by atoms with Gasteiger partial charge in [0.05, 0.1) is 12.5 Å². The normalized spacial score (nSPS) is 15.9. The Kier molecular flexibility index (Phi) is 3.98. The summed E-state index contributed by atoms with van der Waals surface area (Å²) in [4.78, 5) is 0. The van der Waals surface area contributed by atoms with Crippen LogP contribution in [-0.2, 0) is 0 Å². The highest BCUT2D eigenvalue weighted by molar-refractivity contribution is 5.90. The van der Waals surface area contributed by atoms with Gasteiger partial charge in [0.15, 0.2) is 0 Å². The van der Waals surface area contributed by atoms with Crippen LogP contribution in [0.1, 0.15) is 24.0 Å². The van der Waals surface area contributed by atoms with Crippen molar-refractivity contribution in [3.8, 4) is 17.6 Å². The van der Waals surface area contributed by atoms with E-state index in [0.29, 0.717) is 12.2 Å². The topological polar surface area (TPSA) is 68.3 Å². The first-order valence-corrected chi connectivity index (χ1v) is 8.55. The van der Waals surface area contributed by atoms with E-state index in [0.717, 1.165) is 33.4 Å². The van der Waals surface area contributed by atoms with Gasteiger partial charge in [-0.3, -0.25) is 0 Å². The molecular weight excluding hydrogens is 324 g/mol. The summed E-state index contributed by atoms with van der Waals surface area (Å²) in [5, 5.41) is 11.7. The molecule has 2 N–H and O–H groups in total. The minimum atomic E-state index is -0.260. The molecule has 26 heavy (non-hydrogen) atoms. The molecule has 128 valence electrons. The summed E-state index contributed by atoms with van der Waals surface area (Å²) in [5.74, 6) is 1.43. The monoisotopic (exact) mass is 342 g/mol. The zero-order chi connectivity index (χ0) is 18.1. The average Bonchev–Trinajstić information content (AvgIpc) is 2.68. The number of hydrogen-bond donors (Lipinski definition) is 1. The predicted molar refractivity (Wildman–Crippen MR) is 101 cm³/mol. The predicted octanol–water partition coefficient (Wildman–Crippen LogP) is 4.46. The fourth-order valence-electron chi connectivity index (χ4n) is 3.45. The fraction of sp³-hybridized carbons (Fsp3) is 0.136. The van der Waals surface area contributed by atoms with Gasteiger partial charge >= 0.3 is 0 Å². The Morgan fingerprint density at radius 1 is 1.08 bits per heavy atom. The lowest BCUT2D eigenvalue weighted by molar-refractivity contribution is 0.340. The number of rotatable bonds is 3. The molecule has 0 amide bonds. The van der Waals surface area contributed by atoms with Crippen molar-refractivity contribution in [1.29, 1.82) is 5.26 Å². The van der Waals surface area contributed by atoms with Crippen molar-refractivity contribution < 1.29 is 9.47 Å². The molecule has 3 aromatic carbocycles. The van der Waals surface area contributed by atoms with E-state index in [1.165, 1.54) is 0 Å². The second-order valence-electron chi connectivity index (χ2n) is 6.13. The molecule has 1 aliphatic heterocycles. The summed E-state index contributed by atoms with van der Waals surface area (Å²) in [7, 11) is 0. The summed E-state index contributed by atoms with van der Waals surface area (Å²) in [6, 6.07) is 22.1. The van der Waals surface area contributed by atoms with Crippen LogP contribution in [-0.4, -0.2) is 6.61 Å². The summed E-state index contributed by atoms with van der Waals surface area (Å²) in [6.45, 7) is 2.56. The standard InChI is InChI=1S/C22H18N2O2/c1-2-25-16-10-7-15(8-11-16)20-18-12-9-14-5-3-4-6-17(14)21(18)26-22(24)19(20)13-23/h3-12,20H,2,24H2,1H3/t20-/m1/s1. The lowest BCUT2D eigenvalue weighted by atomic mass is 9.82. The van der Waals surface area contributed by atoms with Crippen LogP contribution in [0.2, 0.25) is 0 Å². The fourth-order valence-corrected chi connectivity index (χ4v) is 3.45. The SMILES string of the molecule is CCOc1ccc([C@H]2C(C#N)=C(N)Oc3c2ccc2ccccc32)cc1. The van der Waals surface area contributed by atoms with Crippen molar-refractivity contribution in [3.63, 3.8) is 0 Å². The van der Waals surface area contributed by atoms with Gasteiger partial charge in [-0.25, -0.2) is 0 Å². The van der Waals surface area contributed by atoms with E-state index in [-0.39, 0.29) is 11.8 Å². The Balaban J connectivity index is 1.90. The number of nitriles is 1. The molecule has 0 spiro atoms. The van der Waals surface area contributed by atoms with Gasteiger partial charge in [0.25, 0.3) is 0 Å². The Morgan fingerprint density at radius 2 is 1.85 bits per heavy atom. The van der Waals surface area contributed by atoms with Crippen LogP contribution in [0, 0.1) is 11.3 Å². The van der Waals surface area contributed by atoms with Crippen LogP contribution in [0.4, 0.5) is 0 Å². The maximum Gasteiger partial charge on any atom is 0.205 e. The number of ether oxygens (including phenoxy) is 2. The highest BCUT2D eigenvalue weighted by atomic mass is 16.5. The van der Waals surface area contributed by atoms with Crippen molar-refractivity contribution in [2.24, 2.45) is 5.73 Å². The van der Waals surface area contributed by atoms with Gasteiger partial charge in [0.2, 0.25) is 5.88 Å². The molecule has 0 saturated heterocycles. The first-order chi connectivity index (χ1) is 12.7. The van der Waals surface area contributed by atoms with E-state index in [4.69, 9.17) is 15.2 Å². The summed E-state index contributed by atoms with van der Waals surface area (Å²) >= 11 is 0. The molecule has 1 heterocycles. The van der Waals surface area contributed by atoms with E-state index >= 15 is 0 Å². The minimum Gasteiger partial charge on any atom is -0.494 e. The molecule has 3 aromatic rings. The van der Waals surface area contributed by atoms with Gasteiger partial charge in [-0.15, -0.1) is 0 Å². The van der Waals surface area contributed by atoms with Crippen LogP contribution in [0.3, 0.4) is 0 Å². The quantitative estimate of drug-likeness (QED) is 0.763. The Labute approximate surface area is 152 Å². The van der Waals surface area contributed by atoms with Crippen molar-refractivity contribution in [1.82, 2.24) is 0 Å². The highest BCUT2D eigenvalue weighted by Gasteiger charge is 2.31. The highest BCUT2D eigenvalue weighted by Crippen LogP contribution is 2.45. The molecule has 4 nitrogen and oxygen atoms in total. The third kappa shape index (κ3) is 2.55. The van der Waals surface area contributed by atoms with Crippen molar-refractivity contribution in [2.45, 2.75) is 12.8 Å². The molecular formula is C22H18N2O2. The summed E-state index contributed by atoms with van der Waals surface area (Å²) in [6.07, 6.45) is 0. The first-order valence-electron chi connectivity index (χ1n) is 8.55. The smallest absolute Gasteiger partial charge is 0.205 e. The van der Waals surface area contributed by atoms with E-state index in [1.807, 2.05) is 61.5 Å². The zero-order valence-corrected chi connectivity index (χ0v) is 14.4. The van der Waals surface area contributed by atoms with Crippen LogP contribution in [0.5, 0.6) is 11.5 Å². The lowest BCUT2D eigenvalue weighted by Gasteiger charge is -2.27. The van der Waals surface area contributed by atoms with Gasteiger partial charge in [0.1, 0.15) is 23.1 Å². The Bertz CT molecular complexity index is 1050. The molecule has 0 aromatic heterocycles. The first kappa shape index (κ1) is 16.0. The van der Waals surface area contributed by atoms with Crippen molar-refractivity contribution >= 4 is 10.8 Å². The molecule has 1 atom stereocenters. The molecule has 4 rings (SSSR count). The minimum absolute atomic E-state index is 0.162. The summed E-state index contributed by atoms with van der Waals surface area (Å²) in [5.41, 5.74) is 8.46. The number of nitrogens with zero attached hydrogens (tertiary/aromatic N) is 1. The molecule has 0 bridgehead atoms. The third-order valence-corrected chi connectivity index (χ3v) is 4.63. The number of hydrogen-bond acceptors (Lipinski definition) is 4. The van der Waals surface area contributed by atoms with E-state index in [2.05, 4.69) is 12.1 Å². The number of allylic oxidation sites excluding steroid dienone is 1. The van der Waals surface area contributed by atoms with Gasteiger partial charge in [0, 0.05) is 10.9 Å². The second kappa shape index (κ2) is 6.45. The maximum atomic E-state index is 9.68. The van der Waals surface area contributed by atoms with Gasteiger partial charge < -0.3 is 15.2 Å². The van der Waals surface area contributed by atoms with Gasteiger partial charge in [-0.1, -0.05) is 48.5 Å². The second-order valence-corrected chi connectivity index (χ2v) is 6.13. The molecule has 0 fully saturated rings. The Morgan fingerprint density at radius 3 is 2.58 bits per heavy atom. The van der Waals surface area contributed by atoms with Crippen molar-refractivity contribution in [2.75, 3.05) is 6.61 Å². The van der Waals surface area contributed by atoms with Crippen LogP contribution < -0.4 is 15.2 Å². The van der Waals surface area contributed by atoms with Crippen LogP contribution in [0.15, 0.2) is 72.1 Å². The average molecular weight is 342 g/mol. The molecule has 0 saturated carbocycles. The van der Waals surface area contributed by atoms with E-state index in [9.17, 15) is 5.26 Å². The van der Waals surface area contributed by atoms with E-state index < -0.39 is 0 Å². The lowest BCUT2D eigenvalue weighted by Crippen LogP contribution is -2.21. The Hall–Kier alpha value is -3.45. The third-order valence-electron chi connectivity index (χ3n) is 4.63. The molecule has 0 radical (unpaired) electrons. The maximum absolute atomic E-state index is 9.68. The number of nitrogens with two attached hydrogens (primary N) is 1. The number of fused-ring (bicyclic) bond motifs is 3.